The van der Waals surface area contributed by atoms with Gasteiger partial charge in [-0.25, -0.2) is 8.78 Å². The highest BCUT2D eigenvalue weighted by atomic mass is 19.1. The summed E-state index contributed by atoms with van der Waals surface area (Å²) in [6.07, 6.45) is 3.54. The minimum absolute atomic E-state index is 0.224. The third-order valence-electron chi connectivity index (χ3n) is 4.08. The van der Waals surface area contributed by atoms with Crippen molar-refractivity contribution in [2.75, 3.05) is 19.6 Å². The first-order valence-electron chi connectivity index (χ1n) is 7.39. The lowest BCUT2D eigenvalue weighted by Gasteiger charge is -2.41. The second-order valence-electron chi connectivity index (χ2n) is 6.14. The maximum Gasteiger partial charge on any atom is 0.257 e. The maximum atomic E-state index is 13.6. The van der Waals surface area contributed by atoms with Crippen LogP contribution in [0.1, 0.15) is 43.5 Å². The van der Waals surface area contributed by atoms with E-state index in [4.69, 9.17) is 0 Å². The molecule has 0 unspecified atom stereocenters. The van der Waals surface area contributed by atoms with E-state index in [1.165, 1.54) is 12.5 Å². The number of benzene rings is 1. The fourth-order valence-electron chi connectivity index (χ4n) is 2.71. The molecule has 2 rings (SSSR count). The van der Waals surface area contributed by atoms with Crippen molar-refractivity contribution >= 4 is 5.91 Å². The third-order valence-corrected chi connectivity index (χ3v) is 4.08. The van der Waals surface area contributed by atoms with Crippen molar-refractivity contribution in [3.8, 4) is 0 Å². The van der Waals surface area contributed by atoms with Gasteiger partial charge in [-0.3, -0.25) is 9.69 Å². The van der Waals surface area contributed by atoms with Crippen LogP contribution >= 0.6 is 0 Å². The van der Waals surface area contributed by atoms with E-state index < -0.39 is 23.1 Å². The molecule has 3 nitrogen and oxygen atoms in total. The van der Waals surface area contributed by atoms with Crippen molar-refractivity contribution in [3.63, 3.8) is 0 Å². The van der Waals surface area contributed by atoms with E-state index in [1.54, 1.807) is 0 Å². The lowest BCUT2D eigenvalue weighted by molar-refractivity contribution is 0.0792. The quantitative estimate of drug-likeness (QED) is 0.926. The summed E-state index contributed by atoms with van der Waals surface area (Å²) in [5.41, 5.74) is -0.732. The van der Waals surface area contributed by atoms with Crippen molar-refractivity contribution in [2.24, 2.45) is 0 Å². The summed E-state index contributed by atoms with van der Waals surface area (Å²) in [5, 5.41) is 2.66. The average molecular weight is 296 g/mol. The lowest BCUT2D eigenvalue weighted by atomic mass is 9.98. The predicted octanol–water partition coefficient (Wildman–Crippen LogP) is 2.96. The van der Waals surface area contributed by atoms with Gasteiger partial charge in [0.25, 0.3) is 5.91 Å². The van der Waals surface area contributed by atoms with Crippen molar-refractivity contribution in [3.05, 3.63) is 35.4 Å². The van der Waals surface area contributed by atoms with Crippen LogP contribution in [-0.2, 0) is 0 Å². The number of halogens is 2. The average Bonchev–Trinajstić information content (AvgIpc) is 2.46. The van der Waals surface area contributed by atoms with Gasteiger partial charge in [0.2, 0.25) is 0 Å². The Kier molecular flexibility index (Phi) is 4.93. The Morgan fingerprint density at radius 2 is 1.76 bits per heavy atom. The van der Waals surface area contributed by atoms with Gasteiger partial charge in [0, 0.05) is 12.1 Å². The molecule has 5 heteroatoms. The smallest absolute Gasteiger partial charge is 0.257 e. The van der Waals surface area contributed by atoms with Crippen LogP contribution in [0.25, 0.3) is 0 Å². The Morgan fingerprint density at radius 1 is 1.19 bits per heavy atom. The van der Waals surface area contributed by atoms with Crippen LogP contribution in [0.2, 0.25) is 0 Å². The molecule has 0 radical (unpaired) electrons. The van der Waals surface area contributed by atoms with Gasteiger partial charge in [-0.1, -0.05) is 12.5 Å². The monoisotopic (exact) mass is 296 g/mol. The number of nitrogens with one attached hydrogen (secondary N) is 1. The topological polar surface area (TPSA) is 32.3 Å². The molecule has 1 aliphatic heterocycles. The van der Waals surface area contributed by atoms with Crippen LogP contribution in [-0.4, -0.2) is 36.0 Å². The molecule has 1 aliphatic rings. The van der Waals surface area contributed by atoms with Crippen LogP contribution in [0.5, 0.6) is 0 Å². The minimum atomic E-state index is -0.830. The van der Waals surface area contributed by atoms with Gasteiger partial charge >= 0.3 is 0 Å². The van der Waals surface area contributed by atoms with E-state index in [2.05, 4.69) is 10.2 Å². The van der Waals surface area contributed by atoms with E-state index >= 15 is 0 Å². The van der Waals surface area contributed by atoms with Crippen molar-refractivity contribution in [2.45, 2.75) is 38.6 Å². The number of nitrogens with zero attached hydrogens (tertiary/aromatic N) is 1. The summed E-state index contributed by atoms with van der Waals surface area (Å²) in [4.78, 5) is 14.3. The third kappa shape index (κ3) is 3.79. The largest absolute Gasteiger partial charge is 0.350 e. The highest BCUT2D eigenvalue weighted by Gasteiger charge is 2.29. The molecule has 1 aromatic rings. The summed E-state index contributed by atoms with van der Waals surface area (Å²) in [5.74, 6) is -2.36. The van der Waals surface area contributed by atoms with Crippen LogP contribution in [0, 0.1) is 11.6 Å². The summed E-state index contributed by atoms with van der Waals surface area (Å²) in [7, 11) is 0. The Hall–Kier alpha value is -1.49. The Balaban J connectivity index is 2.00. The van der Waals surface area contributed by atoms with Gasteiger partial charge in [0.15, 0.2) is 0 Å². The van der Waals surface area contributed by atoms with Crippen LogP contribution in [0.15, 0.2) is 18.2 Å². The first kappa shape index (κ1) is 15.9. The number of carbonyl (C=O) groups excluding carboxylic acids is 1. The molecule has 21 heavy (non-hydrogen) atoms. The zero-order chi connectivity index (χ0) is 15.5. The van der Waals surface area contributed by atoms with Gasteiger partial charge in [-0.05, 0) is 51.9 Å². The van der Waals surface area contributed by atoms with Gasteiger partial charge in [-0.15, -0.1) is 0 Å². The molecule has 1 saturated heterocycles. The number of carbonyl (C=O) groups is 1. The van der Waals surface area contributed by atoms with E-state index in [0.29, 0.717) is 6.54 Å². The van der Waals surface area contributed by atoms with E-state index in [-0.39, 0.29) is 5.54 Å². The number of hydrogen-bond acceptors (Lipinski definition) is 2. The zero-order valence-electron chi connectivity index (χ0n) is 12.6. The van der Waals surface area contributed by atoms with E-state index in [1.807, 2.05) is 13.8 Å². The van der Waals surface area contributed by atoms with Gasteiger partial charge < -0.3 is 5.32 Å². The fraction of sp³-hybridized carbons (Fsp3) is 0.562. The molecule has 1 N–H and O–H groups in total. The van der Waals surface area contributed by atoms with Crippen molar-refractivity contribution in [1.29, 1.82) is 0 Å². The highest BCUT2D eigenvalue weighted by molar-refractivity contribution is 5.94. The predicted molar refractivity (Wildman–Crippen MR) is 78.2 cm³/mol. The molecule has 0 bridgehead atoms. The van der Waals surface area contributed by atoms with E-state index in [0.717, 1.165) is 38.1 Å². The number of hydrogen-bond donors (Lipinski definition) is 1. The summed E-state index contributed by atoms with van der Waals surface area (Å²) >= 11 is 0. The van der Waals surface area contributed by atoms with Crippen LogP contribution in [0.4, 0.5) is 8.78 Å². The van der Waals surface area contributed by atoms with Gasteiger partial charge in [-0.2, -0.15) is 0 Å². The molecule has 0 spiro atoms. The molecule has 1 heterocycles. The van der Waals surface area contributed by atoms with Crippen molar-refractivity contribution in [1.82, 2.24) is 10.2 Å². The van der Waals surface area contributed by atoms with Crippen molar-refractivity contribution < 1.29 is 13.6 Å². The van der Waals surface area contributed by atoms with Crippen LogP contribution in [0.3, 0.4) is 0 Å². The second kappa shape index (κ2) is 6.52. The van der Waals surface area contributed by atoms with Gasteiger partial charge in [0.05, 0.1) is 0 Å². The number of amides is 1. The highest BCUT2D eigenvalue weighted by Crippen LogP contribution is 2.20. The summed E-state index contributed by atoms with van der Waals surface area (Å²) in [6.45, 7) is 6.43. The molecule has 1 amide bonds. The minimum Gasteiger partial charge on any atom is -0.350 e. The number of piperidine rings is 1. The first-order valence-corrected chi connectivity index (χ1v) is 7.39. The van der Waals surface area contributed by atoms with Crippen LogP contribution < -0.4 is 5.32 Å². The number of rotatable bonds is 4. The molecular weight excluding hydrogens is 274 g/mol. The Labute approximate surface area is 124 Å². The molecule has 1 aromatic carbocycles. The maximum absolute atomic E-state index is 13.6. The number of likely N-dealkylation sites (tertiary alicyclic amines) is 1. The molecular formula is C16H22F2N2O. The molecule has 0 aliphatic carbocycles. The zero-order valence-corrected chi connectivity index (χ0v) is 12.6. The normalized spacial score (nSPS) is 16.8. The Morgan fingerprint density at radius 3 is 2.33 bits per heavy atom. The SMILES string of the molecule is CC(C)(CNC(=O)c1c(F)cccc1F)N1CCCCC1. The second-order valence-corrected chi connectivity index (χ2v) is 6.14. The van der Waals surface area contributed by atoms with E-state index in [9.17, 15) is 13.6 Å². The summed E-state index contributed by atoms with van der Waals surface area (Å²) < 4.78 is 27.1. The molecule has 1 fully saturated rings. The Bertz CT molecular complexity index is 491. The summed E-state index contributed by atoms with van der Waals surface area (Å²) in [6, 6.07) is 3.43. The molecule has 0 atom stereocenters. The molecule has 116 valence electrons. The van der Waals surface area contributed by atoms with Gasteiger partial charge in [0.1, 0.15) is 17.2 Å². The fourth-order valence-corrected chi connectivity index (χ4v) is 2.71. The molecule has 0 aromatic heterocycles. The first-order chi connectivity index (χ1) is 9.92. The molecule has 0 saturated carbocycles. The standard InChI is InChI=1S/C16H22F2N2O/c1-16(2,20-9-4-3-5-10-20)11-19-15(21)14-12(17)7-6-8-13(14)18/h6-8H,3-5,9-11H2,1-2H3,(H,19,21). The lowest BCUT2D eigenvalue weighted by Crippen LogP contribution is -2.53.